The first-order valence-electron chi connectivity index (χ1n) is 10.3. The monoisotopic (exact) mass is 414 g/mol. The fourth-order valence-electron chi connectivity index (χ4n) is 3.81. The van der Waals surface area contributed by atoms with Crippen LogP contribution >= 0.6 is 0 Å². The number of benzene rings is 2. The molecule has 0 amide bonds. The molecule has 0 radical (unpaired) electrons. The average molecular weight is 415 g/mol. The molecule has 1 saturated carbocycles. The minimum atomic E-state index is -3.64. The second kappa shape index (κ2) is 8.23. The maximum absolute atomic E-state index is 13.2. The zero-order chi connectivity index (χ0) is 21.3. The Morgan fingerprint density at radius 1 is 1.17 bits per heavy atom. The third-order valence-corrected chi connectivity index (χ3v) is 7.89. The van der Waals surface area contributed by atoms with E-state index in [1.807, 2.05) is 32.0 Å². The molecule has 5 heteroatoms. The number of allylic oxidation sites excluding steroid dienone is 1. The van der Waals surface area contributed by atoms with Crippen molar-refractivity contribution in [2.45, 2.75) is 69.4 Å². The van der Waals surface area contributed by atoms with E-state index < -0.39 is 15.1 Å². The molecule has 0 spiro atoms. The van der Waals surface area contributed by atoms with Crippen LogP contribution in [0.3, 0.4) is 0 Å². The van der Waals surface area contributed by atoms with Crippen molar-refractivity contribution in [3.63, 3.8) is 0 Å². The summed E-state index contributed by atoms with van der Waals surface area (Å²) in [6, 6.07) is 7.20. The van der Waals surface area contributed by atoms with Crippen molar-refractivity contribution in [1.29, 1.82) is 0 Å². The number of phenolic OH excluding ortho intramolecular Hbond substituents is 2. The lowest BCUT2D eigenvalue weighted by Crippen LogP contribution is -2.11. The van der Waals surface area contributed by atoms with Gasteiger partial charge in [0.2, 0.25) is 0 Å². The number of unbranched alkanes of at least 4 members (excludes halogenated alkanes) is 2. The van der Waals surface area contributed by atoms with E-state index >= 15 is 0 Å². The molecule has 2 aromatic carbocycles. The predicted octanol–water partition coefficient (Wildman–Crippen LogP) is 5.78. The molecule has 0 heterocycles. The highest BCUT2D eigenvalue weighted by atomic mass is 32.2. The van der Waals surface area contributed by atoms with Crippen molar-refractivity contribution >= 4 is 15.4 Å². The Balaban J connectivity index is 2.28. The van der Waals surface area contributed by atoms with Gasteiger partial charge in [-0.3, -0.25) is 0 Å². The van der Waals surface area contributed by atoms with Gasteiger partial charge in [-0.25, -0.2) is 8.42 Å². The molecule has 2 aromatic rings. The number of hydrogen-bond donors (Lipinski definition) is 2. The van der Waals surface area contributed by atoms with Gasteiger partial charge < -0.3 is 10.2 Å². The number of phenols is 2. The van der Waals surface area contributed by atoms with Crippen LogP contribution in [0, 0.1) is 6.92 Å². The second-order valence-electron chi connectivity index (χ2n) is 8.14. The van der Waals surface area contributed by atoms with Gasteiger partial charge >= 0.3 is 0 Å². The molecular formula is C24H30O4S. The van der Waals surface area contributed by atoms with Crippen LogP contribution in [-0.4, -0.2) is 23.9 Å². The Hall–Kier alpha value is -2.27. The van der Waals surface area contributed by atoms with E-state index in [0.717, 1.165) is 36.0 Å². The first-order valence-corrected chi connectivity index (χ1v) is 11.8. The Morgan fingerprint density at radius 2 is 1.86 bits per heavy atom. The molecule has 3 rings (SSSR count). The lowest BCUT2D eigenvalue weighted by Gasteiger charge is -2.19. The molecule has 2 N–H and O–H groups in total. The summed E-state index contributed by atoms with van der Waals surface area (Å²) < 4.78 is 26.4. The first kappa shape index (κ1) is 21.4. The molecule has 0 bridgehead atoms. The van der Waals surface area contributed by atoms with Gasteiger partial charge in [0.05, 0.1) is 10.8 Å². The van der Waals surface area contributed by atoms with Crippen molar-refractivity contribution in [2.75, 3.05) is 0 Å². The smallest absolute Gasteiger partial charge is 0.185 e. The van der Waals surface area contributed by atoms with E-state index in [9.17, 15) is 18.6 Å². The van der Waals surface area contributed by atoms with Crippen molar-refractivity contribution < 1.29 is 18.6 Å². The third-order valence-electron chi connectivity index (χ3n) is 5.51. The fraction of sp³-hybridized carbons (Fsp3) is 0.417. The fourth-order valence-corrected chi connectivity index (χ4v) is 5.79. The minimum Gasteiger partial charge on any atom is -0.507 e. The topological polar surface area (TPSA) is 74.6 Å². The lowest BCUT2D eigenvalue weighted by atomic mass is 9.91. The Labute approximate surface area is 173 Å². The van der Waals surface area contributed by atoms with Crippen molar-refractivity contribution in [3.05, 3.63) is 47.5 Å². The van der Waals surface area contributed by atoms with Crippen LogP contribution in [-0.2, 0) is 16.3 Å². The third kappa shape index (κ3) is 4.20. The van der Waals surface area contributed by atoms with Gasteiger partial charge in [0.25, 0.3) is 0 Å². The van der Waals surface area contributed by atoms with E-state index in [0.29, 0.717) is 30.4 Å². The van der Waals surface area contributed by atoms with Crippen LogP contribution < -0.4 is 0 Å². The second-order valence-corrected chi connectivity index (χ2v) is 10.3. The summed E-state index contributed by atoms with van der Waals surface area (Å²) in [4.78, 5) is -0.00178. The number of hydrogen-bond acceptors (Lipinski definition) is 4. The zero-order valence-electron chi connectivity index (χ0n) is 17.5. The van der Waals surface area contributed by atoms with Crippen LogP contribution in [0.2, 0.25) is 0 Å². The van der Waals surface area contributed by atoms with Gasteiger partial charge in [0.15, 0.2) is 9.84 Å². The summed E-state index contributed by atoms with van der Waals surface area (Å²) in [5.41, 5.74) is 3.77. The zero-order valence-corrected chi connectivity index (χ0v) is 18.3. The van der Waals surface area contributed by atoms with Gasteiger partial charge in [-0.15, -0.1) is 0 Å². The van der Waals surface area contributed by atoms with Crippen molar-refractivity contribution in [2.24, 2.45) is 0 Å². The largest absolute Gasteiger partial charge is 0.507 e. The van der Waals surface area contributed by atoms with Crippen LogP contribution in [0.5, 0.6) is 11.5 Å². The molecule has 0 atom stereocenters. The number of aromatic hydroxyl groups is 2. The number of aryl methyl sites for hydroxylation is 2. The number of sulfone groups is 1. The molecule has 1 aliphatic carbocycles. The van der Waals surface area contributed by atoms with Crippen LogP contribution in [0.1, 0.15) is 62.6 Å². The standard InChI is InChI=1S/C24H30O4S/c1-5-6-7-8-17-14-21(25)22(20-13-16(4)9-12-19(20)15(2)3)23(26)24(17)29(27,28)18-10-11-18/h9,12-14,18,25-26H,2,5-8,10-11H2,1,3-4H3. The van der Waals surface area contributed by atoms with Gasteiger partial charge in [0, 0.05) is 0 Å². The van der Waals surface area contributed by atoms with E-state index in [1.165, 1.54) is 6.07 Å². The number of rotatable bonds is 8. The molecule has 0 aromatic heterocycles. The summed E-state index contributed by atoms with van der Waals surface area (Å²) in [7, 11) is -3.64. The van der Waals surface area contributed by atoms with Crippen molar-refractivity contribution in [1.82, 2.24) is 0 Å². The summed E-state index contributed by atoms with van der Waals surface area (Å²) in [5, 5.41) is 21.6. The maximum Gasteiger partial charge on any atom is 0.185 e. The lowest BCUT2D eigenvalue weighted by molar-refractivity contribution is 0.440. The van der Waals surface area contributed by atoms with E-state index in [4.69, 9.17) is 0 Å². The van der Waals surface area contributed by atoms with Crippen LogP contribution in [0.25, 0.3) is 16.7 Å². The van der Waals surface area contributed by atoms with E-state index in [1.54, 1.807) is 0 Å². The molecule has 0 unspecified atom stereocenters. The first-order chi connectivity index (χ1) is 13.7. The predicted molar refractivity (Wildman–Crippen MR) is 118 cm³/mol. The van der Waals surface area contributed by atoms with Crippen molar-refractivity contribution in [3.8, 4) is 22.6 Å². The summed E-state index contributed by atoms with van der Waals surface area (Å²) in [6.45, 7) is 9.84. The summed E-state index contributed by atoms with van der Waals surface area (Å²) in [6.07, 6.45) is 4.53. The molecule has 1 aliphatic rings. The van der Waals surface area contributed by atoms with Gasteiger partial charge in [-0.2, -0.15) is 0 Å². The molecule has 1 fully saturated rings. The van der Waals surface area contributed by atoms with Gasteiger partial charge in [-0.05, 0) is 62.3 Å². The minimum absolute atomic E-state index is 0.00178. The molecular weight excluding hydrogens is 384 g/mol. The van der Waals surface area contributed by atoms with Crippen LogP contribution in [0.4, 0.5) is 0 Å². The highest BCUT2D eigenvalue weighted by molar-refractivity contribution is 7.92. The highest BCUT2D eigenvalue weighted by Crippen LogP contribution is 2.48. The molecule has 0 aliphatic heterocycles. The van der Waals surface area contributed by atoms with Crippen LogP contribution in [0.15, 0.2) is 35.7 Å². The molecule has 0 saturated heterocycles. The average Bonchev–Trinajstić information content (AvgIpc) is 3.47. The highest BCUT2D eigenvalue weighted by Gasteiger charge is 2.41. The SMILES string of the molecule is C=C(C)c1ccc(C)cc1-c1c(O)cc(CCCCC)c(S(=O)(=O)C2CC2)c1O. The molecule has 156 valence electrons. The summed E-state index contributed by atoms with van der Waals surface area (Å²) in [5.74, 6) is -0.437. The molecule has 4 nitrogen and oxygen atoms in total. The van der Waals surface area contributed by atoms with E-state index in [-0.39, 0.29) is 22.0 Å². The Morgan fingerprint density at radius 3 is 2.45 bits per heavy atom. The normalized spacial score (nSPS) is 14.2. The Bertz CT molecular complexity index is 1050. The van der Waals surface area contributed by atoms with E-state index in [2.05, 4.69) is 13.5 Å². The summed E-state index contributed by atoms with van der Waals surface area (Å²) >= 11 is 0. The molecule has 29 heavy (non-hydrogen) atoms. The van der Waals surface area contributed by atoms with Gasteiger partial charge in [0.1, 0.15) is 16.4 Å². The quantitative estimate of drug-likeness (QED) is 0.537. The van der Waals surface area contributed by atoms with Gasteiger partial charge in [-0.1, -0.05) is 55.7 Å². The maximum atomic E-state index is 13.2. The Kier molecular flexibility index (Phi) is 6.08.